The molecule has 0 saturated carbocycles. The Bertz CT molecular complexity index is 836. The second kappa shape index (κ2) is 9.03. The number of hydrogen-bond donors (Lipinski definition) is 2. The van der Waals surface area contributed by atoms with Gasteiger partial charge in [-0.15, -0.1) is 0 Å². The molecule has 1 fully saturated rings. The van der Waals surface area contributed by atoms with E-state index in [0.29, 0.717) is 24.5 Å². The molecule has 0 aromatic heterocycles. The highest BCUT2D eigenvalue weighted by atomic mass is 16.5. The van der Waals surface area contributed by atoms with Gasteiger partial charge in [-0.05, 0) is 36.2 Å². The van der Waals surface area contributed by atoms with Crippen molar-refractivity contribution in [3.05, 3.63) is 60.2 Å². The lowest BCUT2D eigenvalue weighted by Crippen LogP contribution is -2.34. The molecular weight excluding hydrogens is 360 g/mol. The number of hydrogen-bond acceptors (Lipinski definition) is 4. The summed E-state index contributed by atoms with van der Waals surface area (Å²) in [5.74, 6) is -1.25. The minimum absolute atomic E-state index is 0.109. The molecule has 0 bridgehead atoms. The maximum Gasteiger partial charge on any atom is 0.341 e. The fourth-order valence-electron chi connectivity index (χ4n) is 3.12. The van der Waals surface area contributed by atoms with Crippen LogP contribution in [0.2, 0.25) is 0 Å². The van der Waals surface area contributed by atoms with Crippen molar-refractivity contribution in [1.82, 2.24) is 5.32 Å². The van der Waals surface area contributed by atoms with Crippen LogP contribution in [-0.2, 0) is 20.8 Å². The van der Waals surface area contributed by atoms with Gasteiger partial charge in [0.1, 0.15) is 5.75 Å². The van der Waals surface area contributed by atoms with E-state index >= 15 is 0 Å². The molecule has 3 rings (SSSR count). The lowest BCUT2D eigenvalue weighted by Gasteiger charge is -2.17. The van der Waals surface area contributed by atoms with Crippen LogP contribution in [0, 0.1) is 5.92 Å². The summed E-state index contributed by atoms with van der Waals surface area (Å²) in [7, 11) is 0. The Labute approximate surface area is 162 Å². The van der Waals surface area contributed by atoms with E-state index in [0.717, 1.165) is 12.0 Å². The van der Waals surface area contributed by atoms with E-state index in [1.54, 1.807) is 29.2 Å². The molecule has 0 unspecified atom stereocenters. The van der Waals surface area contributed by atoms with Gasteiger partial charge in [-0.25, -0.2) is 4.79 Å². The van der Waals surface area contributed by atoms with Crippen molar-refractivity contribution in [2.24, 2.45) is 5.92 Å². The molecule has 1 saturated heterocycles. The molecule has 0 aliphatic carbocycles. The normalized spacial score (nSPS) is 16.1. The van der Waals surface area contributed by atoms with Crippen LogP contribution >= 0.6 is 0 Å². The Balaban J connectivity index is 1.51. The molecular formula is C21H22N2O5. The Morgan fingerprint density at radius 1 is 1.11 bits per heavy atom. The summed E-state index contributed by atoms with van der Waals surface area (Å²) >= 11 is 0. The number of benzene rings is 2. The minimum atomic E-state index is -1.06. The van der Waals surface area contributed by atoms with Crippen LogP contribution in [0.1, 0.15) is 12.0 Å². The van der Waals surface area contributed by atoms with Crippen LogP contribution in [0.4, 0.5) is 5.69 Å². The molecule has 1 atom stereocenters. The maximum atomic E-state index is 12.4. The Hall–Kier alpha value is -3.35. The fourth-order valence-corrected chi connectivity index (χ4v) is 3.12. The fraction of sp³-hybridized carbons (Fsp3) is 0.286. The van der Waals surface area contributed by atoms with Gasteiger partial charge in [0.15, 0.2) is 6.61 Å². The van der Waals surface area contributed by atoms with Gasteiger partial charge in [0, 0.05) is 25.2 Å². The molecule has 28 heavy (non-hydrogen) atoms. The van der Waals surface area contributed by atoms with Gasteiger partial charge in [0.2, 0.25) is 11.8 Å². The SMILES string of the molecule is O=C(O)COc1ccc(N2C[C@@H](C(=O)NCCc3ccccc3)CC2=O)cc1. The zero-order valence-corrected chi connectivity index (χ0v) is 15.3. The third-order valence-corrected chi connectivity index (χ3v) is 4.56. The van der Waals surface area contributed by atoms with Gasteiger partial charge in [-0.2, -0.15) is 0 Å². The number of rotatable bonds is 8. The maximum absolute atomic E-state index is 12.4. The van der Waals surface area contributed by atoms with E-state index in [1.165, 1.54) is 0 Å². The van der Waals surface area contributed by atoms with Crippen LogP contribution in [-0.4, -0.2) is 42.6 Å². The highest BCUT2D eigenvalue weighted by molar-refractivity contribution is 6.00. The van der Waals surface area contributed by atoms with Gasteiger partial charge in [-0.1, -0.05) is 30.3 Å². The first-order valence-corrected chi connectivity index (χ1v) is 9.09. The lowest BCUT2D eigenvalue weighted by atomic mass is 10.1. The third kappa shape index (κ3) is 5.09. The summed E-state index contributed by atoms with van der Waals surface area (Å²) in [5, 5.41) is 11.5. The minimum Gasteiger partial charge on any atom is -0.482 e. The van der Waals surface area contributed by atoms with Crippen LogP contribution < -0.4 is 15.0 Å². The van der Waals surface area contributed by atoms with Crippen molar-refractivity contribution in [2.75, 3.05) is 24.6 Å². The molecule has 2 N–H and O–H groups in total. The van der Waals surface area contributed by atoms with Crippen molar-refractivity contribution >= 4 is 23.5 Å². The largest absolute Gasteiger partial charge is 0.482 e. The molecule has 0 radical (unpaired) electrons. The number of carboxylic acid groups (broad SMARTS) is 1. The first-order chi connectivity index (χ1) is 13.5. The first kappa shape index (κ1) is 19.4. The molecule has 0 spiro atoms. The molecule has 7 nitrogen and oxygen atoms in total. The van der Waals surface area contributed by atoms with Gasteiger partial charge in [-0.3, -0.25) is 9.59 Å². The number of aliphatic carboxylic acids is 1. The van der Waals surface area contributed by atoms with Gasteiger partial charge < -0.3 is 20.1 Å². The van der Waals surface area contributed by atoms with E-state index < -0.39 is 12.6 Å². The number of carboxylic acids is 1. The molecule has 2 aromatic carbocycles. The third-order valence-electron chi connectivity index (χ3n) is 4.56. The number of nitrogens with one attached hydrogen (secondary N) is 1. The lowest BCUT2D eigenvalue weighted by molar-refractivity contribution is -0.139. The van der Waals surface area contributed by atoms with Crippen LogP contribution in [0.5, 0.6) is 5.75 Å². The number of anilines is 1. The average molecular weight is 382 g/mol. The van der Waals surface area contributed by atoms with Crippen molar-refractivity contribution in [3.63, 3.8) is 0 Å². The predicted octanol–water partition coefficient (Wildman–Crippen LogP) is 1.86. The summed E-state index contributed by atoms with van der Waals surface area (Å²) in [6.07, 6.45) is 0.920. The van der Waals surface area contributed by atoms with Crippen LogP contribution in [0.15, 0.2) is 54.6 Å². The van der Waals surface area contributed by atoms with Crippen molar-refractivity contribution in [1.29, 1.82) is 0 Å². The Morgan fingerprint density at radius 2 is 1.82 bits per heavy atom. The highest BCUT2D eigenvalue weighted by Crippen LogP contribution is 2.27. The van der Waals surface area contributed by atoms with Crippen LogP contribution in [0.25, 0.3) is 0 Å². The number of amides is 2. The second-order valence-corrected chi connectivity index (χ2v) is 6.61. The zero-order valence-electron chi connectivity index (χ0n) is 15.3. The highest BCUT2D eigenvalue weighted by Gasteiger charge is 2.34. The molecule has 2 aromatic rings. The molecule has 1 heterocycles. The standard InChI is InChI=1S/C21H22N2O5/c24-19-12-16(21(27)22-11-10-15-4-2-1-3-5-15)13-23(19)17-6-8-18(9-7-17)28-14-20(25)26/h1-9,16H,10-14H2,(H,22,27)(H,25,26)/t16-/m0/s1. The Kier molecular flexibility index (Phi) is 6.26. The summed E-state index contributed by atoms with van der Waals surface area (Å²) in [6.45, 7) is 0.432. The number of ether oxygens (including phenoxy) is 1. The summed E-state index contributed by atoms with van der Waals surface area (Å²) in [4.78, 5) is 36.8. The van der Waals surface area contributed by atoms with Crippen molar-refractivity contribution < 1.29 is 24.2 Å². The van der Waals surface area contributed by atoms with Crippen LogP contribution in [0.3, 0.4) is 0 Å². The van der Waals surface area contributed by atoms with E-state index in [4.69, 9.17) is 9.84 Å². The topological polar surface area (TPSA) is 95.9 Å². The predicted molar refractivity (Wildman–Crippen MR) is 103 cm³/mol. The summed E-state index contributed by atoms with van der Waals surface area (Å²) in [6, 6.07) is 16.5. The molecule has 146 valence electrons. The van der Waals surface area contributed by atoms with E-state index in [-0.39, 0.29) is 24.2 Å². The zero-order chi connectivity index (χ0) is 19.9. The Morgan fingerprint density at radius 3 is 2.50 bits per heavy atom. The molecule has 2 amide bonds. The van der Waals surface area contributed by atoms with Gasteiger partial charge in [0.25, 0.3) is 0 Å². The average Bonchev–Trinajstić information content (AvgIpc) is 3.09. The van der Waals surface area contributed by atoms with Crippen molar-refractivity contribution in [2.45, 2.75) is 12.8 Å². The molecule has 1 aliphatic heterocycles. The van der Waals surface area contributed by atoms with Gasteiger partial charge >= 0.3 is 5.97 Å². The van der Waals surface area contributed by atoms with Crippen molar-refractivity contribution in [3.8, 4) is 5.75 Å². The first-order valence-electron chi connectivity index (χ1n) is 9.09. The number of carbonyl (C=O) groups is 3. The van der Waals surface area contributed by atoms with Gasteiger partial charge in [0.05, 0.1) is 5.92 Å². The summed E-state index contributed by atoms with van der Waals surface area (Å²) in [5.41, 5.74) is 1.81. The smallest absolute Gasteiger partial charge is 0.341 e. The number of carbonyl (C=O) groups excluding carboxylic acids is 2. The van der Waals surface area contributed by atoms with E-state index in [9.17, 15) is 14.4 Å². The number of nitrogens with zero attached hydrogens (tertiary/aromatic N) is 1. The summed E-state index contributed by atoms with van der Waals surface area (Å²) < 4.78 is 5.08. The monoisotopic (exact) mass is 382 g/mol. The van der Waals surface area contributed by atoms with E-state index in [1.807, 2.05) is 30.3 Å². The van der Waals surface area contributed by atoms with E-state index in [2.05, 4.69) is 5.32 Å². The quantitative estimate of drug-likeness (QED) is 0.727. The molecule has 1 aliphatic rings. The second-order valence-electron chi connectivity index (χ2n) is 6.61. The molecule has 7 heteroatoms.